The van der Waals surface area contributed by atoms with Gasteiger partial charge in [-0.25, -0.2) is 0 Å². The van der Waals surface area contributed by atoms with Crippen molar-refractivity contribution in [1.29, 1.82) is 0 Å². The molecule has 0 aliphatic heterocycles. The van der Waals surface area contributed by atoms with E-state index in [4.69, 9.17) is 4.79 Å². The fourth-order valence-electron chi connectivity index (χ4n) is 1.03. The average Bonchev–Trinajstić information content (AvgIpc) is 2.62. The molecule has 0 heterocycles. The molecule has 0 saturated carbocycles. The summed E-state index contributed by atoms with van der Waals surface area (Å²) in [5, 5.41) is 0. The van der Waals surface area contributed by atoms with Gasteiger partial charge in [0.2, 0.25) is 0 Å². The standard InChI is InChI=1S/3C6H5.CHO.H3P.Rh/c3*1-2-4-6-5-3-1;1-2;;/h3*1-5H;1H;1H3;/q4*-1;;. The third kappa shape index (κ3) is 20.7. The third-order valence-electron chi connectivity index (χ3n) is 1.82. The fourth-order valence-corrected chi connectivity index (χ4v) is 1.03. The summed E-state index contributed by atoms with van der Waals surface area (Å²) < 4.78 is 0. The molecule has 0 fully saturated rings. The van der Waals surface area contributed by atoms with E-state index in [2.05, 4.69) is 25.0 Å². The first-order valence-electron chi connectivity index (χ1n) is 5.97. The summed E-state index contributed by atoms with van der Waals surface area (Å²) in [5.74, 6) is 0. The van der Waals surface area contributed by atoms with Crippen LogP contribution in [0.4, 0.5) is 0 Å². The van der Waals surface area contributed by atoms with Gasteiger partial charge in [0.05, 0.1) is 0 Å². The van der Waals surface area contributed by atoms with Crippen LogP contribution in [0.15, 0.2) is 91.0 Å². The van der Waals surface area contributed by atoms with Gasteiger partial charge in [-0.2, -0.15) is 119 Å². The molecule has 3 aromatic carbocycles. The summed E-state index contributed by atoms with van der Waals surface area (Å²) in [5.41, 5.74) is 0. The van der Waals surface area contributed by atoms with Crippen molar-refractivity contribution in [3.63, 3.8) is 0 Å². The maximum absolute atomic E-state index is 7.75. The molecule has 0 saturated heterocycles. The molecular formula is C19H19OPRh-4. The van der Waals surface area contributed by atoms with Gasteiger partial charge in [0.25, 0.3) is 0 Å². The zero-order chi connectivity index (χ0) is 14.7. The molecule has 119 valence electrons. The molecule has 3 heteroatoms. The Morgan fingerprint density at radius 3 is 0.682 bits per heavy atom. The van der Waals surface area contributed by atoms with Crippen LogP contribution in [0.25, 0.3) is 0 Å². The first-order chi connectivity index (χ1) is 10.0. The summed E-state index contributed by atoms with van der Waals surface area (Å²) in [4.78, 5) is 7.75. The van der Waals surface area contributed by atoms with Crippen LogP contribution >= 0.6 is 9.90 Å². The van der Waals surface area contributed by atoms with Crippen molar-refractivity contribution < 1.29 is 24.3 Å². The molecular weight excluding hydrogens is 378 g/mol. The van der Waals surface area contributed by atoms with Crippen molar-refractivity contribution >= 4 is 16.7 Å². The minimum atomic E-state index is 0. The maximum Gasteiger partial charge on any atom is 0 e. The Kier molecular flexibility index (Phi) is 28.1. The van der Waals surface area contributed by atoms with Gasteiger partial charge in [0.1, 0.15) is 0 Å². The van der Waals surface area contributed by atoms with E-state index in [9.17, 15) is 0 Å². The Morgan fingerprint density at radius 1 is 0.455 bits per heavy atom. The monoisotopic (exact) mass is 397 g/mol. The summed E-state index contributed by atoms with van der Waals surface area (Å²) >= 11 is 0. The molecule has 3 rings (SSSR count). The van der Waals surface area contributed by atoms with E-state index in [1.54, 1.807) is 0 Å². The zero-order valence-corrected chi connectivity index (χ0v) is 15.2. The van der Waals surface area contributed by atoms with Crippen molar-refractivity contribution in [1.82, 2.24) is 0 Å². The van der Waals surface area contributed by atoms with Gasteiger partial charge in [0.15, 0.2) is 0 Å². The summed E-state index contributed by atoms with van der Waals surface area (Å²) in [7, 11) is 0. The molecule has 22 heavy (non-hydrogen) atoms. The average molecular weight is 397 g/mol. The minimum absolute atomic E-state index is 0. The molecule has 0 amide bonds. The second-order valence-electron chi connectivity index (χ2n) is 3.23. The van der Waals surface area contributed by atoms with E-state index in [-0.39, 0.29) is 29.4 Å². The number of hydrogen-bond donors (Lipinski definition) is 0. The molecule has 1 radical (unpaired) electrons. The van der Waals surface area contributed by atoms with E-state index in [1.807, 2.05) is 91.0 Å². The fraction of sp³-hybridized carbons (Fsp3) is 0. The van der Waals surface area contributed by atoms with Gasteiger partial charge in [-0.05, 0) is 0 Å². The summed E-state index contributed by atoms with van der Waals surface area (Å²) in [6.07, 6.45) is 0. The Morgan fingerprint density at radius 2 is 0.636 bits per heavy atom. The van der Waals surface area contributed by atoms with Crippen molar-refractivity contribution in [3.8, 4) is 0 Å². The van der Waals surface area contributed by atoms with Crippen LogP contribution in [0.1, 0.15) is 0 Å². The van der Waals surface area contributed by atoms with E-state index in [1.165, 1.54) is 0 Å². The number of carbonyl (C=O) groups excluding carboxylic acids is 1. The van der Waals surface area contributed by atoms with Crippen LogP contribution in [0.5, 0.6) is 0 Å². The van der Waals surface area contributed by atoms with E-state index in [0.29, 0.717) is 0 Å². The topological polar surface area (TPSA) is 17.1 Å². The molecule has 0 aromatic heterocycles. The van der Waals surface area contributed by atoms with Crippen molar-refractivity contribution in [3.05, 3.63) is 109 Å². The molecule has 1 nitrogen and oxygen atoms in total. The second kappa shape index (κ2) is 24.4. The van der Waals surface area contributed by atoms with Crippen LogP contribution in [0, 0.1) is 18.2 Å². The van der Waals surface area contributed by atoms with E-state index >= 15 is 0 Å². The second-order valence-corrected chi connectivity index (χ2v) is 3.23. The largest absolute Gasteiger partial charge is 0.545 e. The third-order valence-corrected chi connectivity index (χ3v) is 1.82. The minimum Gasteiger partial charge on any atom is -0.545 e. The van der Waals surface area contributed by atoms with Gasteiger partial charge >= 0.3 is 0 Å². The molecule has 0 aliphatic rings. The van der Waals surface area contributed by atoms with Crippen LogP contribution in [-0.4, -0.2) is 6.79 Å². The van der Waals surface area contributed by atoms with Gasteiger partial charge in [-0.1, -0.05) is 0 Å². The molecule has 1 unspecified atom stereocenters. The van der Waals surface area contributed by atoms with Crippen LogP contribution in [-0.2, 0) is 24.3 Å². The Bertz CT molecular complexity index is 322. The molecule has 3 aromatic rings. The zero-order valence-electron chi connectivity index (χ0n) is 12.2. The SMILES string of the molecule is P.[CH-]=O.[Rh].[c-]1ccccc1.[c-]1ccccc1.[c-]1ccccc1. The molecule has 0 bridgehead atoms. The number of benzene rings is 3. The first-order valence-corrected chi connectivity index (χ1v) is 5.97. The van der Waals surface area contributed by atoms with Crippen LogP contribution in [0.3, 0.4) is 0 Å². The van der Waals surface area contributed by atoms with Gasteiger partial charge in [0, 0.05) is 19.5 Å². The Hall–Kier alpha value is -1.62. The van der Waals surface area contributed by atoms with Gasteiger partial charge in [-0.15, -0.1) is 0 Å². The van der Waals surface area contributed by atoms with Gasteiger partial charge < -0.3 is 4.79 Å². The Labute approximate surface area is 150 Å². The molecule has 0 N–H and O–H groups in total. The van der Waals surface area contributed by atoms with E-state index in [0.717, 1.165) is 0 Å². The number of rotatable bonds is 0. The van der Waals surface area contributed by atoms with Crippen molar-refractivity contribution in [2.75, 3.05) is 0 Å². The molecule has 1 atom stereocenters. The summed E-state index contributed by atoms with van der Waals surface area (Å²) in [6, 6.07) is 37.5. The van der Waals surface area contributed by atoms with Crippen LogP contribution < -0.4 is 0 Å². The maximum atomic E-state index is 7.75. The number of hydrogen-bond acceptors (Lipinski definition) is 1. The predicted molar refractivity (Wildman–Crippen MR) is 93.7 cm³/mol. The van der Waals surface area contributed by atoms with E-state index < -0.39 is 0 Å². The quantitative estimate of drug-likeness (QED) is 0.240. The van der Waals surface area contributed by atoms with Gasteiger partial charge in [-0.3, -0.25) is 6.79 Å². The summed E-state index contributed by atoms with van der Waals surface area (Å²) in [6.45, 7) is 3.25. The predicted octanol–water partition coefficient (Wildman–Crippen LogP) is 4.24. The smallest absolute Gasteiger partial charge is 0 e. The molecule has 0 spiro atoms. The van der Waals surface area contributed by atoms with Crippen molar-refractivity contribution in [2.45, 2.75) is 0 Å². The molecule has 0 aliphatic carbocycles. The van der Waals surface area contributed by atoms with Crippen molar-refractivity contribution in [2.24, 2.45) is 0 Å². The first kappa shape index (κ1) is 25.3. The van der Waals surface area contributed by atoms with Crippen LogP contribution in [0.2, 0.25) is 0 Å². The Balaban J connectivity index is -0.000000223. The normalized spacial score (nSPS) is 6.73.